The van der Waals surface area contributed by atoms with Crippen LogP contribution >= 0.6 is 11.8 Å². The number of thioether (sulfide) groups is 1. The maximum atomic E-state index is 5.65. The monoisotopic (exact) mass is 429 g/mol. The van der Waals surface area contributed by atoms with E-state index in [4.69, 9.17) is 4.74 Å². The van der Waals surface area contributed by atoms with Crippen molar-refractivity contribution in [2.24, 2.45) is 0 Å². The first kappa shape index (κ1) is 21.2. The van der Waals surface area contributed by atoms with Crippen LogP contribution in [-0.2, 0) is 6.42 Å². The van der Waals surface area contributed by atoms with Crippen LogP contribution in [0.1, 0.15) is 24.0 Å². The second kappa shape index (κ2) is 10.3. The average molecular weight is 430 g/mol. The van der Waals surface area contributed by atoms with Gasteiger partial charge in [0.2, 0.25) is 0 Å². The van der Waals surface area contributed by atoms with Crippen molar-refractivity contribution in [3.05, 3.63) is 90.0 Å². The fraction of sp³-hybridized carbons (Fsp3) is 0.231. The Morgan fingerprint density at radius 1 is 0.839 bits per heavy atom. The van der Waals surface area contributed by atoms with Crippen molar-refractivity contribution in [3.8, 4) is 22.8 Å². The molecule has 0 unspecified atom stereocenters. The molecule has 0 radical (unpaired) electrons. The highest BCUT2D eigenvalue weighted by Gasteiger charge is 2.19. The topological polar surface area (TPSA) is 39.9 Å². The summed E-state index contributed by atoms with van der Waals surface area (Å²) in [5.41, 5.74) is 4.61. The Balaban J connectivity index is 1.57. The molecule has 0 fully saturated rings. The van der Waals surface area contributed by atoms with E-state index in [-0.39, 0.29) is 0 Å². The summed E-state index contributed by atoms with van der Waals surface area (Å²) < 4.78 is 7.78. The highest BCUT2D eigenvalue weighted by atomic mass is 32.2. The van der Waals surface area contributed by atoms with Gasteiger partial charge in [-0.1, -0.05) is 78.5 Å². The molecule has 0 spiro atoms. The molecule has 3 aromatic carbocycles. The van der Waals surface area contributed by atoms with Gasteiger partial charge in [-0.2, -0.15) is 0 Å². The maximum absolute atomic E-state index is 5.65. The van der Waals surface area contributed by atoms with Crippen molar-refractivity contribution in [3.63, 3.8) is 0 Å². The Morgan fingerprint density at radius 2 is 1.58 bits per heavy atom. The number of hydrogen-bond acceptors (Lipinski definition) is 4. The normalized spacial score (nSPS) is 10.9. The van der Waals surface area contributed by atoms with Gasteiger partial charge >= 0.3 is 0 Å². The minimum absolute atomic E-state index is 0.808. The summed E-state index contributed by atoms with van der Waals surface area (Å²) in [6.07, 6.45) is 3.39. The Kier molecular flexibility index (Phi) is 7.05. The first-order valence-electron chi connectivity index (χ1n) is 10.6. The molecule has 4 nitrogen and oxygen atoms in total. The number of benzene rings is 3. The number of nitrogens with zero attached hydrogens (tertiary/aromatic N) is 3. The number of aryl methyl sites for hydroxylation is 2. The highest BCUT2D eigenvalue weighted by Crippen LogP contribution is 2.33. The molecule has 158 valence electrons. The van der Waals surface area contributed by atoms with E-state index in [0.29, 0.717) is 0 Å². The molecule has 0 bridgehead atoms. The number of rotatable bonds is 9. The van der Waals surface area contributed by atoms with Crippen molar-refractivity contribution in [1.82, 2.24) is 14.8 Å². The van der Waals surface area contributed by atoms with E-state index in [1.54, 1.807) is 18.9 Å². The zero-order valence-electron chi connectivity index (χ0n) is 18.0. The van der Waals surface area contributed by atoms with Gasteiger partial charge in [0.05, 0.1) is 12.8 Å². The van der Waals surface area contributed by atoms with E-state index in [9.17, 15) is 0 Å². The number of methoxy groups -OCH3 is 1. The largest absolute Gasteiger partial charge is 0.495 e. The fourth-order valence-corrected chi connectivity index (χ4v) is 4.58. The predicted octanol–water partition coefficient (Wildman–Crippen LogP) is 6.37. The minimum atomic E-state index is 0.808. The Morgan fingerprint density at radius 3 is 2.39 bits per heavy atom. The van der Waals surface area contributed by atoms with E-state index in [0.717, 1.165) is 53.0 Å². The number of para-hydroxylation sites is 2. The Bertz CT molecular complexity index is 1120. The van der Waals surface area contributed by atoms with Crippen LogP contribution in [0.25, 0.3) is 17.1 Å². The number of aromatic nitrogens is 3. The number of hydrogen-bond donors (Lipinski definition) is 0. The first-order valence-corrected chi connectivity index (χ1v) is 11.6. The molecule has 0 aliphatic heterocycles. The lowest BCUT2D eigenvalue weighted by atomic mass is 10.1. The minimum Gasteiger partial charge on any atom is -0.495 e. The third-order valence-corrected chi connectivity index (χ3v) is 6.29. The number of ether oxygens (including phenoxy) is 1. The molecular formula is C26H27N3OS. The summed E-state index contributed by atoms with van der Waals surface area (Å²) in [6, 6.07) is 27.0. The molecule has 4 aromatic rings. The summed E-state index contributed by atoms with van der Waals surface area (Å²) in [7, 11) is 1.70. The van der Waals surface area contributed by atoms with Crippen LogP contribution in [0.5, 0.6) is 5.75 Å². The third kappa shape index (κ3) is 5.00. The molecule has 5 heteroatoms. The predicted molar refractivity (Wildman–Crippen MR) is 128 cm³/mol. The molecule has 31 heavy (non-hydrogen) atoms. The van der Waals surface area contributed by atoms with Gasteiger partial charge in [-0.15, -0.1) is 10.2 Å². The van der Waals surface area contributed by atoms with Crippen LogP contribution < -0.4 is 4.74 Å². The number of unbranched alkanes of at least 4 members (excludes halogenated alkanes) is 1. The van der Waals surface area contributed by atoms with Crippen molar-refractivity contribution in [1.29, 1.82) is 0 Å². The summed E-state index contributed by atoms with van der Waals surface area (Å²) >= 11 is 1.75. The van der Waals surface area contributed by atoms with Gasteiger partial charge in [0.15, 0.2) is 11.0 Å². The van der Waals surface area contributed by atoms with Gasteiger partial charge < -0.3 is 4.74 Å². The van der Waals surface area contributed by atoms with E-state index >= 15 is 0 Å². The average Bonchev–Trinajstić information content (AvgIpc) is 3.23. The maximum Gasteiger partial charge on any atom is 0.196 e. The van der Waals surface area contributed by atoms with Crippen molar-refractivity contribution >= 4 is 11.8 Å². The molecule has 0 N–H and O–H groups in total. The van der Waals surface area contributed by atoms with E-state index in [1.807, 2.05) is 30.3 Å². The molecule has 0 saturated carbocycles. The highest BCUT2D eigenvalue weighted by molar-refractivity contribution is 7.99. The first-order chi connectivity index (χ1) is 15.3. The Hall–Kier alpha value is -3.05. The molecule has 0 aliphatic carbocycles. The summed E-state index contributed by atoms with van der Waals surface area (Å²) in [4.78, 5) is 0. The van der Waals surface area contributed by atoms with E-state index < -0.39 is 0 Å². The quantitative estimate of drug-likeness (QED) is 0.229. The molecule has 0 saturated heterocycles. The fourth-order valence-electron chi connectivity index (χ4n) is 3.63. The lowest BCUT2D eigenvalue weighted by Crippen LogP contribution is -2.03. The zero-order valence-corrected chi connectivity index (χ0v) is 18.8. The Labute approximate surface area is 188 Å². The van der Waals surface area contributed by atoms with Gasteiger partial charge in [-0.3, -0.25) is 4.57 Å². The van der Waals surface area contributed by atoms with Crippen LogP contribution in [0.4, 0.5) is 0 Å². The van der Waals surface area contributed by atoms with E-state index in [2.05, 4.69) is 70.2 Å². The van der Waals surface area contributed by atoms with E-state index in [1.165, 1.54) is 11.1 Å². The third-order valence-electron chi connectivity index (χ3n) is 5.28. The van der Waals surface area contributed by atoms with Crippen molar-refractivity contribution in [2.75, 3.05) is 12.9 Å². The molecule has 0 amide bonds. The molecule has 1 aromatic heterocycles. The van der Waals surface area contributed by atoms with Crippen molar-refractivity contribution < 1.29 is 4.74 Å². The van der Waals surface area contributed by atoms with Crippen LogP contribution in [-0.4, -0.2) is 27.6 Å². The van der Waals surface area contributed by atoms with Crippen LogP contribution in [0.15, 0.2) is 84.0 Å². The van der Waals surface area contributed by atoms with Gasteiger partial charge in [-0.25, -0.2) is 0 Å². The van der Waals surface area contributed by atoms with Crippen LogP contribution in [0.2, 0.25) is 0 Å². The smallest absolute Gasteiger partial charge is 0.196 e. The van der Waals surface area contributed by atoms with Gasteiger partial charge in [0.25, 0.3) is 0 Å². The van der Waals surface area contributed by atoms with Crippen LogP contribution in [0.3, 0.4) is 0 Å². The van der Waals surface area contributed by atoms with Crippen LogP contribution in [0, 0.1) is 6.92 Å². The standard InChI is InChI=1S/C26H27N3OS/c1-20-12-6-7-16-22(20)25-27-28-26(29(25)23-17-8-9-18-24(23)30-2)31-19-11-10-15-21-13-4-3-5-14-21/h3-9,12-14,16-18H,10-11,15,19H2,1-2H3. The SMILES string of the molecule is COc1ccccc1-n1c(SCCCCc2ccccc2)nnc1-c1ccccc1C. The summed E-state index contributed by atoms with van der Waals surface area (Å²) in [6.45, 7) is 2.10. The molecule has 1 heterocycles. The molecule has 4 rings (SSSR count). The van der Waals surface area contributed by atoms with Gasteiger partial charge in [0, 0.05) is 11.3 Å². The summed E-state index contributed by atoms with van der Waals surface area (Å²) in [5.74, 6) is 2.64. The second-order valence-corrected chi connectivity index (χ2v) is 8.48. The molecular weight excluding hydrogens is 402 g/mol. The zero-order chi connectivity index (χ0) is 21.5. The molecule has 0 atom stereocenters. The lowest BCUT2D eigenvalue weighted by Gasteiger charge is -2.14. The van der Waals surface area contributed by atoms with Gasteiger partial charge in [0.1, 0.15) is 5.75 Å². The van der Waals surface area contributed by atoms with Crippen molar-refractivity contribution in [2.45, 2.75) is 31.3 Å². The van der Waals surface area contributed by atoms with Gasteiger partial charge in [-0.05, 0) is 49.4 Å². The molecule has 0 aliphatic rings. The summed E-state index contributed by atoms with van der Waals surface area (Å²) in [5, 5.41) is 10.0. The second-order valence-electron chi connectivity index (χ2n) is 7.42. The lowest BCUT2D eigenvalue weighted by molar-refractivity contribution is 0.412.